The lowest BCUT2D eigenvalue weighted by Crippen LogP contribution is -2.21. The topological polar surface area (TPSA) is 33.5 Å². The molecule has 0 aliphatic carbocycles. The van der Waals surface area contributed by atoms with Crippen LogP contribution >= 0.6 is 17.0 Å². The van der Waals surface area contributed by atoms with Crippen molar-refractivity contribution < 1.29 is 4.42 Å². The van der Waals surface area contributed by atoms with Gasteiger partial charge in [-0.25, -0.2) is 4.79 Å². The predicted molar refractivity (Wildman–Crippen MR) is 76.4 cm³/mol. The Balaban J connectivity index is 0.00000144. The second-order valence-electron chi connectivity index (χ2n) is 3.65. The van der Waals surface area contributed by atoms with Gasteiger partial charge in [-0.05, 0) is 32.0 Å². The fourth-order valence-electron chi connectivity index (χ4n) is 1.83. The number of halogens is 1. The van der Waals surface area contributed by atoms with Crippen LogP contribution in [0.1, 0.15) is 13.8 Å². The maximum absolute atomic E-state index is 11.1. The lowest BCUT2D eigenvalue weighted by atomic mass is 10.2. The molecule has 17 heavy (non-hydrogen) atoms. The van der Waals surface area contributed by atoms with Gasteiger partial charge < -0.3 is 9.32 Å². The monoisotopic (exact) mass is 297 g/mol. The number of anilines is 1. The third-order valence-corrected chi connectivity index (χ3v) is 2.74. The Hall–Kier alpha value is -1.29. The summed E-state index contributed by atoms with van der Waals surface area (Å²) in [5.41, 5.74) is 1.44. The van der Waals surface area contributed by atoms with Crippen molar-refractivity contribution in [1.82, 2.24) is 0 Å². The van der Waals surface area contributed by atoms with Crippen molar-refractivity contribution >= 4 is 33.6 Å². The molecule has 1 heterocycles. The summed E-state index contributed by atoms with van der Waals surface area (Å²) >= 11 is 0. The zero-order valence-electron chi connectivity index (χ0n) is 9.97. The van der Waals surface area contributed by atoms with E-state index in [9.17, 15) is 4.79 Å². The molecule has 3 nitrogen and oxygen atoms in total. The van der Waals surface area contributed by atoms with E-state index in [1.807, 2.05) is 12.1 Å². The molecule has 0 atom stereocenters. The smallest absolute Gasteiger partial charge is 0.336 e. The first-order valence-corrected chi connectivity index (χ1v) is 5.53. The molecule has 0 aliphatic heterocycles. The fraction of sp³-hybridized carbons (Fsp3) is 0.308. The maximum atomic E-state index is 11.1. The highest BCUT2D eigenvalue weighted by molar-refractivity contribution is 8.93. The second-order valence-corrected chi connectivity index (χ2v) is 3.65. The Morgan fingerprint density at radius 1 is 1.12 bits per heavy atom. The van der Waals surface area contributed by atoms with Crippen molar-refractivity contribution in [2.45, 2.75) is 13.8 Å². The number of benzene rings is 1. The van der Waals surface area contributed by atoms with Gasteiger partial charge in [-0.2, -0.15) is 0 Å². The lowest BCUT2D eigenvalue weighted by Gasteiger charge is -2.20. The van der Waals surface area contributed by atoms with Gasteiger partial charge in [-0.3, -0.25) is 0 Å². The van der Waals surface area contributed by atoms with E-state index in [0.29, 0.717) is 5.58 Å². The third-order valence-electron chi connectivity index (χ3n) is 2.74. The average Bonchev–Trinajstić information content (AvgIpc) is 2.30. The van der Waals surface area contributed by atoms with Crippen molar-refractivity contribution in [3.05, 3.63) is 40.8 Å². The van der Waals surface area contributed by atoms with E-state index >= 15 is 0 Å². The first-order valence-electron chi connectivity index (χ1n) is 5.53. The summed E-state index contributed by atoms with van der Waals surface area (Å²) in [6.07, 6.45) is 0. The van der Waals surface area contributed by atoms with Gasteiger partial charge in [0, 0.05) is 36.3 Å². The quantitative estimate of drug-likeness (QED) is 0.816. The van der Waals surface area contributed by atoms with E-state index < -0.39 is 0 Å². The molecule has 1 aromatic carbocycles. The van der Waals surface area contributed by atoms with E-state index in [-0.39, 0.29) is 22.6 Å². The number of nitrogens with zero attached hydrogens (tertiary/aromatic N) is 1. The minimum Gasteiger partial charge on any atom is -0.423 e. The third kappa shape index (κ3) is 2.88. The van der Waals surface area contributed by atoms with E-state index in [1.165, 1.54) is 6.07 Å². The first-order chi connectivity index (χ1) is 7.74. The predicted octanol–water partition coefficient (Wildman–Crippen LogP) is 3.22. The molecule has 0 amide bonds. The summed E-state index contributed by atoms with van der Waals surface area (Å²) in [4.78, 5) is 13.3. The van der Waals surface area contributed by atoms with Crippen LogP contribution in [0.15, 0.2) is 39.5 Å². The Morgan fingerprint density at radius 3 is 2.41 bits per heavy atom. The average molecular weight is 298 g/mol. The Kier molecular flexibility index (Phi) is 4.75. The van der Waals surface area contributed by atoms with Crippen LogP contribution in [0.3, 0.4) is 0 Å². The minimum atomic E-state index is -0.302. The minimum absolute atomic E-state index is 0. The summed E-state index contributed by atoms with van der Waals surface area (Å²) in [6.45, 7) is 6.10. The van der Waals surface area contributed by atoms with E-state index in [0.717, 1.165) is 24.2 Å². The van der Waals surface area contributed by atoms with Gasteiger partial charge in [0.15, 0.2) is 0 Å². The summed E-state index contributed by atoms with van der Waals surface area (Å²) in [5.74, 6) is 0. The second kappa shape index (κ2) is 5.87. The number of rotatable bonds is 3. The van der Waals surface area contributed by atoms with E-state index in [1.54, 1.807) is 6.07 Å². The molecule has 2 aromatic rings. The molecule has 0 saturated carbocycles. The van der Waals surface area contributed by atoms with E-state index in [4.69, 9.17) is 4.42 Å². The first kappa shape index (κ1) is 13.8. The standard InChI is InChI=1S/C13H15NO2.BrH/c1-3-14(4-2)11-7-5-10-6-8-13(15)16-12(10)9-11;/h5-9H,3-4H2,1-2H3;1H. The maximum Gasteiger partial charge on any atom is 0.336 e. The highest BCUT2D eigenvalue weighted by Crippen LogP contribution is 2.20. The van der Waals surface area contributed by atoms with Crippen LogP contribution in [-0.2, 0) is 0 Å². The Morgan fingerprint density at radius 2 is 1.76 bits per heavy atom. The fourth-order valence-corrected chi connectivity index (χ4v) is 1.83. The highest BCUT2D eigenvalue weighted by atomic mass is 79.9. The molecule has 0 bridgehead atoms. The molecule has 1 aromatic heterocycles. The van der Waals surface area contributed by atoms with Crippen LogP contribution in [0.25, 0.3) is 11.0 Å². The van der Waals surface area contributed by atoms with Gasteiger partial charge >= 0.3 is 5.63 Å². The molecule has 0 unspecified atom stereocenters. The highest BCUT2D eigenvalue weighted by Gasteiger charge is 2.04. The van der Waals surface area contributed by atoms with Crippen molar-refractivity contribution in [3.8, 4) is 0 Å². The largest absolute Gasteiger partial charge is 0.423 e. The van der Waals surface area contributed by atoms with Crippen molar-refractivity contribution in [1.29, 1.82) is 0 Å². The molecule has 0 radical (unpaired) electrons. The Labute approximate surface area is 111 Å². The molecule has 0 N–H and O–H groups in total. The molecule has 92 valence electrons. The van der Waals surface area contributed by atoms with Gasteiger partial charge in [-0.15, -0.1) is 17.0 Å². The van der Waals surface area contributed by atoms with Gasteiger partial charge in [0.1, 0.15) is 5.58 Å². The molecule has 0 aliphatic rings. The molecular weight excluding hydrogens is 282 g/mol. The summed E-state index contributed by atoms with van der Waals surface area (Å²) in [6, 6.07) is 9.18. The van der Waals surface area contributed by atoms with Gasteiger partial charge in [0.05, 0.1) is 0 Å². The van der Waals surface area contributed by atoms with Crippen LogP contribution in [0.5, 0.6) is 0 Å². The summed E-state index contributed by atoms with van der Waals surface area (Å²) in [5, 5.41) is 0.954. The van der Waals surface area contributed by atoms with Crippen LogP contribution in [-0.4, -0.2) is 13.1 Å². The molecule has 2 rings (SSSR count). The molecule has 0 spiro atoms. The van der Waals surface area contributed by atoms with Crippen LogP contribution in [0.2, 0.25) is 0 Å². The van der Waals surface area contributed by atoms with Crippen molar-refractivity contribution in [2.75, 3.05) is 18.0 Å². The van der Waals surface area contributed by atoms with Crippen LogP contribution in [0, 0.1) is 0 Å². The van der Waals surface area contributed by atoms with Crippen molar-refractivity contribution in [2.24, 2.45) is 0 Å². The van der Waals surface area contributed by atoms with Crippen molar-refractivity contribution in [3.63, 3.8) is 0 Å². The molecule has 0 saturated heterocycles. The zero-order chi connectivity index (χ0) is 11.5. The number of fused-ring (bicyclic) bond motifs is 1. The summed E-state index contributed by atoms with van der Waals surface area (Å²) < 4.78 is 5.16. The molecule has 0 fully saturated rings. The van der Waals surface area contributed by atoms with E-state index in [2.05, 4.69) is 24.8 Å². The normalized spacial score (nSPS) is 10.0. The Bertz CT molecular complexity index is 546. The SMILES string of the molecule is Br.CCN(CC)c1ccc2ccc(=O)oc2c1. The number of hydrogen-bond donors (Lipinski definition) is 0. The van der Waals surface area contributed by atoms with Gasteiger partial charge in [-0.1, -0.05) is 0 Å². The number of hydrogen-bond acceptors (Lipinski definition) is 3. The molecule has 4 heteroatoms. The summed E-state index contributed by atoms with van der Waals surface area (Å²) in [7, 11) is 0. The lowest BCUT2D eigenvalue weighted by molar-refractivity contribution is 0.561. The van der Waals surface area contributed by atoms with Gasteiger partial charge in [0.2, 0.25) is 0 Å². The molecular formula is C13H16BrNO2. The zero-order valence-corrected chi connectivity index (χ0v) is 11.7. The van der Waals surface area contributed by atoms with Gasteiger partial charge in [0.25, 0.3) is 0 Å². The van der Waals surface area contributed by atoms with Crippen LogP contribution in [0.4, 0.5) is 5.69 Å². The van der Waals surface area contributed by atoms with Crippen LogP contribution < -0.4 is 10.5 Å².